The van der Waals surface area contributed by atoms with Crippen LogP contribution in [-0.4, -0.2) is 70.7 Å². The van der Waals surface area contributed by atoms with E-state index in [0.29, 0.717) is 24.1 Å². The van der Waals surface area contributed by atoms with Crippen molar-refractivity contribution in [2.24, 2.45) is 0 Å². The molecule has 0 fully saturated rings. The van der Waals surface area contributed by atoms with Gasteiger partial charge >= 0.3 is 5.97 Å². The van der Waals surface area contributed by atoms with Gasteiger partial charge in [0.2, 0.25) is 0 Å². The van der Waals surface area contributed by atoms with Crippen molar-refractivity contribution in [3.8, 4) is 0 Å². The lowest BCUT2D eigenvalue weighted by atomic mass is 10.0. The average molecular weight is 876 g/mol. The van der Waals surface area contributed by atoms with E-state index in [9.17, 15) is 14.3 Å². The zero-order valence-electron chi connectivity index (χ0n) is 40.1. The van der Waals surface area contributed by atoms with E-state index in [1.165, 1.54) is 103 Å². The Morgan fingerprint density at radius 1 is 0.525 bits per heavy atom. The number of hydrogen-bond donors (Lipinski definition) is 0. The first kappa shape index (κ1) is 58.9. The van der Waals surface area contributed by atoms with Gasteiger partial charge in [0, 0.05) is 13.0 Å². The van der Waals surface area contributed by atoms with Crippen molar-refractivity contribution in [2.75, 3.05) is 54.1 Å². The molecule has 9 heteroatoms. The van der Waals surface area contributed by atoms with Crippen molar-refractivity contribution in [1.29, 1.82) is 0 Å². The Morgan fingerprint density at radius 2 is 0.934 bits per heavy atom. The molecule has 0 saturated carbocycles. The van der Waals surface area contributed by atoms with Crippen LogP contribution in [-0.2, 0) is 27.9 Å². The number of carbonyl (C=O) groups is 1. The second kappa shape index (κ2) is 44.5. The normalized spacial score (nSPS) is 14.3. The quantitative estimate of drug-likeness (QED) is 0.0198. The molecule has 0 bridgehead atoms. The van der Waals surface area contributed by atoms with Gasteiger partial charge in [-0.2, -0.15) is 0 Å². The number of phosphoric acid groups is 1. The third-order valence-corrected chi connectivity index (χ3v) is 11.2. The summed E-state index contributed by atoms with van der Waals surface area (Å²) >= 11 is 0. The van der Waals surface area contributed by atoms with Crippen molar-refractivity contribution in [3.05, 3.63) is 72.9 Å². The molecule has 0 aromatic rings. The Bertz CT molecular complexity index is 1200. The maximum Gasteiger partial charge on any atom is 0.306 e. The van der Waals surface area contributed by atoms with Crippen LogP contribution in [0.15, 0.2) is 72.9 Å². The predicted molar refractivity (Wildman–Crippen MR) is 259 cm³/mol. The highest BCUT2D eigenvalue weighted by Gasteiger charge is 2.20. The third-order valence-electron chi connectivity index (χ3n) is 10.3. The van der Waals surface area contributed by atoms with E-state index in [1.807, 2.05) is 21.1 Å². The minimum Gasteiger partial charge on any atom is -0.756 e. The molecule has 0 aliphatic rings. The zero-order chi connectivity index (χ0) is 44.8. The van der Waals surface area contributed by atoms with E-state index in [-0.39, 0.29) is 25.8 Å². The van der Waals surface area contributed by atoms with Crippen LogP contribution in [0.4, 0.5) is 0 Å². The van der Waals surface area contributed by atoms with Crippen LogP contribution < -0.4 is 4.89 Å². The van der Waals surface area contributed by atoms with Gasteiger partial charge in [0.15, 0.2) is 0 Å². The Labute approximate surface area is 376 Å². The predicted octanol–water partition coefficient (Wildman–Crippen LogP) is 14.4. The topological polar surface area (TPSA) is 94.1 Å². The molecule has 0 N–H and O–H groups in total. The highest BCUT2D eigenvalue weighted by atomic mass is 31.2. The molecular weight excluding hydrogens is 782 g/mol. The van der Waals surface area contributed by atoms with Crippen molar-refractivity contribution >= 4 is 13.8 Å². The number of esters is 1. The molecule has 2 unspecified atom stereocenters. The molecule has 61 heavy (non-hydrogen) atoms. The molecule has 0 amide bonds. The summed E-state index contributed by atoms with van der Waals surface area (Å²) in [6.07, 6.45) is 57.9. The van der Waals surface area contributed by atoms with E-state index in [2.05, 4.69) is 86.8 Å². The number of rotatable bonds is 45. The SMILES string of the molecule is CC/C=C\C/C=C\C/C=C\C/C=C\C/C=C\C/C=C\CCCOCC(COP(=O)([O-])OCC[N+](C)(C)C)OC(=O)CCCCCCCCCCCCCCCCCCCCC. The first-order chi connectivity index (χ1) is 29.6. The molecule has 0 saturated heterocycles. The fourth-order valence-electron chi connectivity index (χ4n) is 6.50. The smallest absolute Gasteiger partial charge is 0.306 e. The summed E-state index contributed by atoms with van der Waals surface area (Å²) < 4.78 is 34.6. The lowest BCUT2D eigenvalue weighted by Gasteiger charge is -2.28. The molecule has 0 aliphatic carbocycles. The first-order valence-corrected chi connectivity index (χ1v) is 26.1. The van der Waals surface area contributed by atoms with E-state index >= 15 is 0 Å². The number of hydrogen-bond acceptors (Lipinski definition) is 7. The summed E-state index contributed by atoms with van der Waals surface area (Å²) in [5.74, 6) is -0.353. The number of likely N-dealkylation sites (N-methyl/N-ethyl adjacent to an activating group) is 1. The van der Waals surface area contributed by atoms with Crippen LogP contribution in [0.1, 0.15) is 194 Å². The molecule has 0 aliphatic heterocycles. The van der Waals surface area contributed by atoms with Gasteiger partial charge in [0.1, 0.15) is 19.3 Å². The third kappa shape index (κ3) is 48.8. The van der Waals surface area contributed by atoms with Crippen molar-refractivity contribution in [1.82, 2.24) is 0 Å². The van der Waals surface area contributed by atoms with Gasteiger partial charge in [-0.3, -0.25) is 9.36 Å². The lowest BCUT2D eigenvalue weighted by molar-refractivity contribution is -0.870. The molecular formula is C52H94NO7P. The molecule has 0 heterocycles. The summed E-state index contributed by atoms with van der Waals surface area (Å²) in [4.78, 5) is 25.1. The molecule has 0 spiro atoms. The Hall–Kier alpha value is -2.06. The fraction of sp³-hybridized carbons (Fsp3) is 0.750. The van der Waals surface area contributed by atoms with Gasteiger partial charge in [-0.15, -0.1) is 0 Å². The largest absolute Gasteiger partial charge is 0.756 e. The number of unbranched alkanes of at least 4 members (excludes halogenated alkanes) is 19. The van der Waals surface area contributed by atoms with Gasteiger partial charge in [0.25, 0.3) is 7.82 Å². The minimum atomic E-state index is -4.55. The van der Waals surface area contributed by atoms with Crippen molar-refractivity contribution in [2.45, 2.75) is 200 Å². The van der Waals surface area contributed by atoms with Crippen LogP contribution in [0.5, 0.6) is 0 Å². The number of allylic oxidation sites excluding steroid dienone is 12. The maximum atomic E-state index is 12.7. The molecule has 2 atom stereocenters. The minimum absolute atomic E-state index is 0.0131. The van der Waals surface area contributed by atoms with Crippen LogP contribution >= 0.6 is 7.82 Å². The molecule has 0 radical (unpaired) electrons. The van der Waals surface area contributed by atoms with Gasteiger partial charge in [-0.25, -0.2) is 0 Å². The highest BCUT2D eigenvalue weighted by molar-refractivity contribution is 7.45. The van der Waals surface area contributed by atoms with E-state index < -0.39 is 13.9 Å². The van der Waals surface area contributed by atoms with Crippen LogP contribution in [0.3, 0.4) is 0 Å². The van der Waals surface area contributed by atoms with Crippen LogP contribution in [0.25, 0.3) is 0 Å². The van der Waals surface area contributed by atoms with Gasteiger partial charge < -0.3 is 27.9 Å². The van der Waals surface area contributed by atoms with Crippen molar-refractivity contribution < 1.29 is 37.3 Å². The molecule has 354 valence electrons. The number of nitrogens with zero attached hydrogens (tertiary/aromatic N) is 1. The van der Waals surface area contributed by atoms with Gasteiger partial charge in [-0.05, 0) is 57.8 Å². The van der Waals surface area contributed by atoms with Crippen LogP contribution in [0.2, 0.25) is 0 Å². The second-order valence-corrected chi connectivity index (χ2v) is 18.9. The standard InChI is InChI=1S/C52H94NO7P/c1-6-8-10-12-14-16-18-20-22-24-26-28-30-32-34-36-38-40-42-44-47-57-49-51(50-59-61(55,56)58-48-46-53(3,4)5)60-52(54)45-43-41-39-37-35-33-31-29-27-25-23-21-19-17-15-13-11-9-7-2/h8,10,14,16,20,22,26,28,32,34,38,40,51H,6-7,9,11-13,15,17-19,21,23-25,27,29-31,33,35-37,39,41-50H2,1-5H3/b10-8-,16-14-,22-20-,28-26-,34-32-,40-38-. The number of carbonyl (C=O) groups excluding carboxylic acids is 1. The summed E-state index contributed by atoms with van der Waals surface area (Å²) in [5, 5.41) is 0. The van der Waals surface area contributed by atoms with Gasteiger partial charge in [0.05, 0.1) is 34.4 Å². The number of ether oxygens (including phenoxy) is 2. The summed E-state index contributed by atoms with van der Waals surface area (Å²) in [5.41, 5.74) is 0. The Kier molecular flexibility index (Phi) is 43.0. The molecule has 0 rings (SSSR count). The molecule has 0 aromatic heterocycles. The lowest BCUT2D eigenvalue weighted by Crippen LogP contribution is -2.37. The van der Waals surface area contributed by atoms with Crippen molar-refractivity contribution in [3.63, 3.8) is 0 Å². The Morgan fingerprint density at radius 3 is 1.36 bits per heavy atom. The summed E-state index contributed by atoms with van der Waals surface area (Å²) in [7, 11) is 1.32. The van der Waals surface area contributed by atoms with E-state index in [4.69, 9.17) is 18.5 Å². The fourth-order valence-corrected chi connectivity index (χ4v) is 7.23. The van der Waals surface area contributed by atoms with E-state index in [1.54, 1.807) is 0 Å². The number of quaternary nitrogens is 1. The Balaban J connectivity index is 4.27. The average Bonchev–Trinajstić information content (AvgIpc) is 3.22. The first-order valence-electron chi connectivity index (χ1n) is 24.7. The molecule has 0 aromatic carbocycles. The second-order valence-electron chi connectivity index (χ2n) is 17.4. The van der Waals surface area contributed by atoms with E-state index in [0.717, 1.165) is 70.6 Å². The summed E-state index contributed by atoms with van der Waals surface area (Å²) in [6, 6.07) is 0. The summed E-state index contributed by atoms with van der Waals surface area (Å²) in [6.45, 7) is 5.15. The van der Waals surface area contributed by atoms with Crippen LogP contribution in [0, 0.1) is 0 Å². The highest BCUT2D eigenvalue weighted by Crippen LogP contribution is 2.38. The van der Waals surface area contributed by atoms with Gasteiger partial charge in [-0.1, -0.05) is 202 Å². The molecule has 8 nitrogen and oxygen atoms in total. The maximum absolute atomic E-state index is 12.7. The monoisotopic (exact) mass is 876 g/mol. The number of phosphoric ester groups is 1. The zero-order valence-corrected chi connectivity index (χ0v) is 41.0.